The molecule has 0 radical (unpaired) electrons. The van der Waals surface area contributed by atoms with Gasteiger partial charge in [0.15, 0.2) is 0 Å². The van der Waals surface area contributed by atoms with Crippen molar-refractivity contribution in [3.63, 3.8) is 0 Å². The highest BCUT2D eigenvalue weighted by molar-refractivity contribution is 5.62. The van der Waals surface area contributed by atoms with Gasteiger partial charge in [-0.05, 0) is 13.0 Å². The van der Waals surface area contributed by atoms with Gasteiger partial charge in [0.25, 0.3) is 5.69 Å². The monoisotopic (exact) mass is 170 g/mol. The van der Waals surface area contributed by atoms with Crippen LogP contribution in [0.4, 0.5) is 15.8 Å². The number of nitrogens with two attached hydrogens (primary N) is 1. The topological polar surface area (TPSA) is 69.2 Å². The number of hydrogen-bond acceptors (Lipinski definition) is 3. The van der Waals surface area contributed by atoms with Crippen molar-refractivity contribution in [2.75, 3.05) is 5.73 Å². The molecule has 0 saturated heterocycles. The Morgan fingerprint density at radius 3 is 2.67 bits per heavy atom. The minimum absolute atomic E-state index is 0.111. The van der Waals surface area contributed by atoms with Gasteiger partial charge in [0, 0.05) is 11.6 Å². The van der Waals surface area contributed by atoms with Crippen LogP contribution < -0.4 is 5.73 Å². The Morgan fingerprint density at radius 1 is 1.58 bits per heavy atom. The molecule has 64 valence electrons. The second kappa shape index (κ2) is 2.77. The normalized spacial score (nSPS) is 9.83. The molecule has 0 fully saturated rings. The van der Waals surface area contributed by atoms with Gasteiger partial charge in [-0.3, -0.25) is 10.1 Å². The van der Waals surface area contributed by atoms with Gasteiger partial charge in [0.05, 0.1) is 4.92 Å². The first kappa shape index (κ1) is 8.45. The molecule has 0 saturated carbocycles. The van der Waals surface area contributed by atoms with Gasteiger partial charge < -0.3 is 5.73 Å². The number of anilines is 1. The number of nitrogen functional groups attached to an aromatic ring is 1. The molecule has 0 bridgehead atoms. The number of nitro benzene ring substituents is 1. The fourth-order valence-electron chi connectivity index (χ4n) is 0.847. The second-order valence-electron chi connectivity index (χ2n) is 2.36. The quantitative estimate of drug-likeness (QED) is 0.395. The first-order valence-corrected chi connectivity index (χ1v) is 3.23. The van der Waals surface area contributed by atoms with Gasteiger partial charge in [-0.1, -0.05) is 0 Å². The number of benzene rings is 1. The first-order valence-electron chi connectivity index (χ1n) is 3.23. The van der Waals surface area contributed by atoms with Crippen molar-refractivity contribution in [3.8, 4) is 0 Å². The van der Waals surface area contributed by atoms with Crippen molar-refractivity contribution in [2.24, 2.45) is 0 Å². The van der Waals surface area contributed by atoms with Crippen LogP contribution in [-0.2, 0) is 0 Å². The number of rotatable bonds is 1. The van der Waals surface area contributed by atoms with Crippen molar-refractivity contribution in [1.29, 1.82) is 0 Å². The highest BCUT2D eigenvalue weighted by atomic mass is 19.1. The first-order chi connectivity index (χ1) is 5.54. The average molecular weight is 170 g/mol. The van der Waals surface area contributed by atoms with E-state index in [4.69, 9.17) is 5.73 Å². The van der Waals surface area contributed by atoms with E-state index in [0.29, 0.717) is 0 Å². The summed E-state index contributed by atoms with van der Waals surface area (Å²) >= 11 is 0. The van der Waals surface area contributed by atoms with E-state index in [0.717, 1.165) is 12.1 Å². The lowest BCUT2D eigenvalue weighted by molar-refractivity contribution is -0.384. The third-order valence-electron chi connectivity index (χ3n) is 1.62. The number of hydrogen-bond donors (Lipinski definition) is 1. The van der Waals surface area contributed by atoms with E-state index in [1.807, 2.05) is 0 Å². The van der Waals surface area contributed by atoms with Crippen LogP contribution in [-0.4, -0.2) is 4.92 Å². The molecule has 1 aromatic rings. The highest BCUT2D eigenvalue weighted by Gasteiger charge is 2.14. The van der Waals surface area contributed by atoms with Crippen LogP contribution in [0.1, 0.15) is 5.56 Å². The lowest BCUT2D eigenvalue weighted by Gasteiger charge is -2.00. The van der Waals surface area contributed by atoms with E-state index < -0.39 is 10.7 Å². The molecular formula is C7H7FN2O2. The van der Waals surface area contributed by atoms with Gasteiger partial charge in [0.1, 0.15) is 11.5 Å². The molecule has 1 rings (SSSR count). The van der Waals surface area contributed by atoms with Crippen LogP contribution in [0.5, 0.6) is 0 Å². The van der Waals surface area contributed by atoms with Crippen molar-refractivity contribution in [3.05, 3.63) is 33.6 Å². The zero-order valence-electron chi connectivity index (χ0n) is 6.37. The van der Waals surface area contributed by atoms with Gasteiger partial charge in [-0.2, -0.15) is 0 Å². The summed E-state index contributed by atoms with van der Waals surface area (Å²) in [6, 6.07) is 2.08. The standard InChI is InChI=1S/C7H7FN2O2/c1-4-5(8)2-3-6(7(4)9)10(11)12/h2-3H,9H2,1H3. The third-order valence-corrected chi connectivity index (χ3v) is 1.62. The Hall–Kier alpha value is -1.65. The molecule has 5 heteroatoms. The summed E-state index contributed by atoms with van der Waals surface area (Å²) in [6.45, 7) is 1.40. The number of nitro groups is 1. The van der Waals surface area contributed by atoms with E-state index in [9.17, 15) is 14.5 Å². The molecule has 2 N–H and O–H groups in total. The van der Waals surface area contributed by atoms with Crippen LogP contribution >= 0.6 is 0 Å². The summed E-state index contributed by atoms with van der Waals surface area (Å²) in [5.41, 5.74) is 5.05. The zero-order valence-corrected chi connectivity index (χ0v) is 6.37. The molecule has 0 aliphatic heterocycles. The SMILES string of the molecule is Cc1c(F)ccc([N+](=O)[O-])c1N. The largest absolute Gasteiger partial charge is 0.393 e. The Balaban J connectivity index is 3.36. The van der Waals surface area contributed by atoms with Crippen LogP contribution in [0.25, 0.3) is 0 Å². The molecule has 0 amide bonds. The second-order valence-corrected chi connectivity index (χ2v) is 2.36. The summed E-state index contributed by atoms with van der Waals surface area (Å²) in [5, 5.41) is 10.3. The average Bonchev–Trinajstić information content (AvgIpc) is 2.00. The molecule has 0 aromatic heterocycles. The van der Waals surface area contributed by atoms with Crippen LogP contribution in [0.15, 0.2) is 12.1 Å². The van der Waals surface area contributed by atoms with Crippen LogP contribution in [0.3, 0.4) is 0 Å². The Morgan fingerprint density at radius 2 is 2.17 bits per heavy atom. The maximum Gasteiger partial charge on any atom is 0.292 e. The third kappa shape index (κ3) is 1.20. The van der Waals surface area contributed by atoms with E-state index in [2.05, 4.69) is 0 Å². The van der Waals surface area contributed by atoms with Gasteiger partial charge in [-0.25, -0.2) is 4.39 Å². The van der Waals surface area contributed by atoms with E-state index in [1.54, 1.807) is 0 Å². The van der Waals surface area contributed by atoms with Crippen molar-refractivity contribution < 1.29 is 9.31 Å². The fourth-order valence-corrected chi connectivity index (χ4v) is 0.847. The maximum absolute atomic E-state index is 12.7. The van der Waals surface area contributed by atoms with E-state index in [1.165, 1.54) is 6.92 Å². The summed E-state index contributed by atoms with van der Waals surface area (Å²) in [5.74, 6) is -0.530. The minimum Gasteiger partial charge on any atom is -0.393 e. The van der Waals surface area contributed by atoms with Crippen molar-refractivity contribution in [1.82, 2.24) is 0 Å². The molecule has 4 nitrogen and oxygen atoms in total. The Labute approximate surface area is 68.0 Å². The Kier molecular flexibility index (Phi) is 1.95. The summed E-state index contributed by atoms with van der Waals surface area (Å²) in [7, 11) is 0. The van der Waals surface area contributed by atoms with Gasteiger partial charge >= 0.3 is 0 Å². The summed E-state index contributed by atoms with van der Waals surface area (Å²) in [6.07, 6.45) is 0. The molecule has 0 heterocycles. The molecule has 0 unspecified atom stereocenters. The van der Waals surface area contributed by atoms with Crippen molar-refractivity contribution in [2.45, 2.75) is 6.92 Å². The lowest BCUT2D eigenvalue weighted by Crippen LogP contribution is -1.99. The fraction of sp³-hybridized carbons (Fsp3) is 0.143. The molecule has 0 atom stereocenters. The predicted octanol–water partition coefficient (Wildman–Crippen LogP) is 1.62. The van der Waals surface area contributed by atoms with E-state index >= 15 is 0 Å². The summed E-state index contributed by atoms with van der Waals surface area (Å²) in [4.78, 5) is 9.65. The molecule has 0 spiro atoms. The lowest BCUT2D eigenvalue weighted by atomic mass is 10.1. The van der Waals surface area contributed by atoms with Crippen LogP contribution in [0, 0.1) is 22.9 Å². The van der Waals surface area contributed by atoms with Crippen molar-refractivity contribution >= 4 is 11.4 Å². The molecule has 0 aliphatic carbocycles. The van der Waals surface area contributed by atoms with E-state index in [-0.39, 0.29) is 16.9 Å². The Bertz CT molecular complexity index is 338. The highest BCUT2D eigenvalue weighted by Crippen LogP contribution is 2.25. The van der Waals surface area contributed by atoms with Gasteiger partial charge in [0.2, 0.25) is 0 Å². The van der Waals surface area contributed by atoms with Gasteiger partial charge in [-0.15, -0.1) is 0 Å². The summed E-state index contributed by atoms with van der Waals surface area (Å²) < 4.78 is 12.7. The molecule has 1 aromatic carbocycles. The number of halogens is 1. The molecule has 12 heavy (non-hydrogen) atoms. The maximum atomic E-state index is 12.7. The molecular weight excluding hydrogens is 163 g/mol. The molecule has 0 aliphatic rings. The number of nitrogens with zero attached hydrogens (tertiary/aromatic N) is 1. The smallest absolute Gasteiger partial charge is 0.292 e. The minimum atomic E-state index is -0.637. The van der Waals surface area contributed by atoms with Crippen LogP contribution in [0.2, 0.25) is 0 Å². The predicted molar refractivity (Wildman–Crippen MR) is 42.2 cm³/mol. The zero-order chi connectivity index (χ0) is 9.30.